The third-order valence-electron chi connectivity index (χ3n) is 1.37. The van der Waals surface area contributed by atoms with Crippen LogP contribution in [0.3, 0.4) is 0 Å². The van der Waals surface area contributed by atoms with E-state index in [1.807, 2.05) is 11.8 Å². The molecule has 0 heterocycles. The SMILES string of the molecule is C=CCN(CC)CC=C(O)O. The van der Waals surface area contributed by atoms with Gasteiger partial charge in [0.15, 0.2) is 0 Å². The van der Waals surface area contributed by atoms with E-state index in [1.165, 1.54) is 6.08 Å². The minimum atomic E-state index is -0.618. The van der Waals surface area contributed by atoms with E-state index in [9.17, 15) is 0 Å². The molecule has 0 amide bonds. The lowest BCUT2D eigenvalue weighted by molar-refractivity contribution is 0.186. The van der Waals surface area contributed by atoms with E-state index in [1.54, 1.807) is 6.08 Å². The molecule has 0 saturated heterocycles. The minimum absolute atomic E-state index is 0.546. The number of likely N-dealkylation sites (N-methyl/N-ethyl adjacent to an activating group) is 1. The van der Waals surface area contributed by atoms with Gasteiger partial charge in [0.05, 0.1) is 0 Å². The third-order valence-corrected chi connectivity index (χ3v) is 1.37. The van der Waals surface area contributed by atoms with Crippen LogP contribution in [0.15, 0.2) is 24.7 Å². The average Bonchev–Trinajstić information content (AvgIpc) is 1.97. The first-order chi connectivity index (χ1) is 5.20. The van der Waals surface area contributed by atoms with Gasteiger partial charge in [0, 0.05) is 19.2 Å². The van der Waals surface area contributed by atoms with Crippen molar-refractivity contribution < 1.29 is 10.2 Å². The molecule has 0 rings (SSSR count). The second-order valence-corrected chi connectivity index (χ2v) is 2.20. The summed E-state index contributed by atoms with van der Waals surface area (Å²) < 4.78 is 0. The zero-order valence-corrected chi connectivity index (χ0v) is 6.82. The summed E-state index contributed by atoms with van der Waals surface area (Å²) in [7, 11) is 0. The molecule has 0 saturated carbocycles. The maximum absolute atomic E-state index is 8.43. The van der Waals surface area contributed by atoms with Gasteiger partial charge in [0.1, 0.15) is 0 Å². The fourth-order valence-electron chi connectivity index (χ4n) is 0.726. The van der Waals surface area contributed by atoms with Crippen LogP contribution in [0.25, 0.3) is 0 Å². The highest BCUT2D eigenvalue weighted by molar-refractivity contribution is 4.84. The topological polar surface area (TPSA) is 43.7 Å². The summed E-state index contributed by atoms with van der Waals surface area (Å²) in [5, 5.41) is 16.9. The third kappa shape index (κ3) is 5.48. The molecule has 0 aromatic heterocycles. The highest BCUT2D eigenvalue weighted by atomic mass is 16.5. The molecule has 0 atom stereocenters. The Morgan fingerprint density at radius 3 is 2.45 bits per heavy atom. The van der Waals surface area contributed by atoms with E-state index >= 15 is 0 Å². The number of aliphatic hydroxyl groups is 2. The number of nitrogens with zero attached hydrogens (tertiary/aromatic N) is 1. The molecule has 11 heavy (non-hydrogen) atoms. The quantitative estimate of drug-likeness (QED) is 0.469. The lowest BCUT2D eigenvalue weighted by Gasteiger charge is -2.14. The summed E-state index contributed by atoms with van der Waals surface area (Å²) in [6, 6.07) is 0. The zero-order chi connectivity index (χ0) is 8.69. The molecule has 0 bridgehead atoms. The van der Waals surface area contributed by atoms with E-state index in [-0.39, 0.29) is 0 Å². The predicted molar refractivity (Wildman–Crippen MR) is 45.7 cm³/mol. The van der Waals surface area contributed by atoms with Crippen LogP contribution in [-0.4, -0.2) is 34.7 Å². The zero-order valence-electron chi connectivity index (χ0n) is 6.82. The second kappa shape index (κ2) is 5.80. The fourth-order valence-corrected chi connectivity index (χ4v) is 0.726. The van der Waals surface area contributed by atoms with Crippen molar-refractivity contribution in [3.05, 3.63) is 24.7 Å². The molecule has 0 aromatic rings. The molecule has 3 nitrogen and oxygen atoms in total. The van der Waals surface area contributed by atoms with Gasteiger partial charge in [-0.15, -0.1) is 6.58 Å². The number of hydrogen-bond acceptors (Lipinski definition) is 3. The average molecular weight is 157 g/mol. The highest BCUT2D eigenvalue weighted by Crippen LogP contribution is 1.89. The predicted octanol–water partition coefficient (Wildman–Crippen LogP) is 1.45. The lowest BCUT2D eigenvalue weighted by Crippen LogP contribution is -2.23. The van der Waals surface area contributed by atoms with Crippen molar-refractivity contribution in [3.63, 3.8) is 0 Å². The van der Waals surface area contributed by atoms with Crippen molar-refractivity contribution in [2.45, 2.75) is 6.92 Å². The summed E-state index contributed by atoms with van der Waals surface area (Å²) in [5.74, 6) is -0.618. The van der Waals surface area contributed by atoms with Crippen LogP contribution in [-0.2, 0) is 0 Å². The Kier molecular flexibility index (Phi) is 5.29. The number of hydrogen-bond donors (Lipinski definition) is 2. The minimum Gasteiger partial charge on any atom is -0.481 e. The van der Waals surface area contributed by atoms with Gasteiger partial charge in [-0.3, -0.25) is 4.90 Å². The van der Waals surface area contributed by atoms with E-state index in [2.05, 4.69) is 6.58 Å². The molecule has 0 spiro atoms. The molecule has 0 aliphatic heterocycles. The van der Waals surface area contributed by atoms with Gasteiger partial charge in [-0.05, 0) is 6.54 Å². The van der Waals surface area contributed by atoms with Crippen LogP contribution >= 0.6 is 0 Å². The first-order valence-electron chi connectivity index (χ1n) is 3.62. The van der Waals surface area contributed by atoms with Crippen LogP contribution < -0.4 is 0 Å². The van der Waals surface area contributed by atoms with Crippen LogP contribution in [0.2, 0.25) is 0 Å². The summed E-state index contributed by atoms with van der Waals surface area (Å²) in [4.78, 5) is 2.01. The van der Waals surface area contributed by atoms with Crippen molar-refractivity contribution in [2.75, 3.05) is 19.6 Å². The van der Waals surface area contributed by atoms with Gasteiger partial charge in [-0.1, -0.05) is 13.0 Å². The number of rotatable bonds is 5. The van der Waals surface area contributed by atoms with Crippen molar-refractivity contribution in [3.8, 4) is 0 Å². The van der Waals surface area contributed by atoms with Crippen molar-refractivity contribution in [2.24, 2.45) is 0 Å². The Morgan fingerprint density at radius 1 is 1.45 bits per heavy atom. The van der Waals surface area contributed by atoms with E-state index in [4.69, 9.17) is 10.2 Å². The standard InChI is InChI=1S/C8H15NO2/c1-3-6-9(4-2)7-5-8(10)11/h3,5,10-11H,1,4,6-7H2,2H3. The molecular formula is C8H15NO2. The molecule has 64 valence electrons. The fraction of sp³-hybridized carbons (Fsp3) is 0.500. The van der Waals surface area contributed by atoms with Crippen molar-refractivity contribution >= 4 is 0 Å². The van der Waals surface area contributed by atoms with E-state index < -0.39 is 5.95 Å². The maximum Gasteiger partial charge on any atom is 0.271 e. The Balaban J connectivity index is 3.68. The first kappa shape index (κ1) is 10.0. The molecule has 0 aromatic carbocycles. The number of aliphatic hydroxyl groups excluding tert-OH is 1. The molecule has 2 N–H and O–H groups in total. The normalized spacial score (nSPS) is 9.64. The highest BCUT2D eigenvalue weighted by Gasteiger charge is 1.96. The molecule has 3 heteroatoms. The lowest BCUT2D eigenvalue weighted by atomic mass is 10.4. The van der Waals surface area contributed by atoms with Crippen molar-refractivity contribution in [1.29, 1.82) is 0 Å². The van der Waals surface area contributed by atoms with Gasteiger partial charge in [0.2, 0.25) is 0 Å². The van der Waals surface area contributed by atoms with E-state index in [0.717, 1.165) is 13.1 Å². The Hall–Kier alpha value is -0.960. The van der Waals surface area contributed by atoms with Crippen molar-refractivity contribution in [1.82, 2.24) is 4.90 Å². The first-order valence-corrected chi connectivity index (χ1v) is 3.62. The van der Waals surface area contributed by atoms with Gasteiger partial charge in [0.25, 0.3) is 5.95 Å². The molecule has 0 fully saturated rings. The second-order valence-electron chi connectivity index (χ2n) is 2.20. The Morgan fingerprint density at radius 2 is 2.09 bits per heavy atom. The summed E-state index contributed by atoms with van der Waals surface area (Å²) in [6.45, 7) is 7.78. The summed E-state index contributed by atoms with van der Waals surface area (Å²) in [6.07, 6.45) is 3.14. The van der Waals surface area contributed by atoms with Gasteiger partial charge in [-0.2, -0.15) is 0 Å². The molecule has 0 unspecified atom stereocenters. The Bertz CT molecular complexity index is 139. The molecule has 0 radical (unpaired) electrons. The van der Waals surface area contributed by atoms with Crippen LogP contribution in [0.4, 0.5) is 0 Å². The van der Waals surface area contributed by atoms with Gasteiger partial charge < -0.3 is 10.2 Å². The van der Waals surface area contributed by atoms with Crippen LogP contribution in [0.5, 0.6) is 0 Å². The summed E-state index contributed by atoms with van der Waals surface area (Å²) >= 11 is 0. The molecular weight excluding hydrogens is 142 g/mol. The monoisotopic (exact) mass is 157 g/mol. The summed E-state index contributed by atoms with van der Waals surface area (Å²) in [5.41, 5.74) is 0. The van der Waals surface area contributed by atoms with E-state index in [0.29, 0.717) is 6.54 Å². The maximum atomic E-state index is 8.43. The van der Waals surface area contributed by atoms with Gasteiger partial charge in [-0.25, -0.2) is 0 Å². The molecule has 0 aliphatic rings. The van der Waals surface area contributed by atoms with Gasteiger partial charge >= 0.3 is 0 Å². The van der Waals surface area contributed by atoms with Crippen LogP contribution in [0.1, 0.15) is 6.92 Å². The Labute approximate surface area is 67.3 Å². The smallest absolute Gasteiger partial charge is 0.271 e. The molecule has 0 aliphatic carbocycles. The van der Waals surface area contributed by atoms with Crippen LogP contribution in [0, 0.1) is 0 Å². The largest absolute Gasteiger partial charge is 0.481 e.